The van der Waals surface area contributed by atoms with Gasteiger partial charge in [-0.15, -0.1) is 0 Å². The number of ether oxygens (including phenoxy) is 1. The van der Waals surface area contributed by atoms with Crippen molar-refractivity contribution in [2.24, 2.45) is 0 Å². The maximum Gasteiger partial charge on any atom is 0.260 e. The molecule has 0 aliphatic carbocycles. The van der Waals surface area contributed by atoms with Gasteiger partial charge in [-0.05, 0) is 33.4 Å². The lowest BCUT2D eigenvalue weighted by Crippen LogP contribution is -2.36. The Labute approximate surface area is 126 Å². The molecule has 0 bridgehead atoms. The van der Waals surface area contributed by atoms with Gasteiger partial charge in [-0.25, -0.2) is 4.39 Å². The highest BCUT2D eigenvalue weighted by Crippen LogP contribution is 2.22. The van der Waals surface area contributed by atoms with E-state index in [-0.39, 0.29) is 17.8 Å². The molecule has 118 valence electrons. The van der Waals surface area contributed by atoms with Crippen LogP contribution < -0.4 is 15.4 Å². The fourth-order valence-corrected chi connectivity index (χ4v) is 1.88. The number of hydrogen-bond donors (Lipinski definition) is 2. The van der Waals surface area contributed by atoms with Gasteiger partial charge in [0.2, 0.25) is 0 Å². The van der Waals surface area contributed by atoms with E-state index in [0.717, 1.165) is 12.8 Å². The SMILES string of the molecule is CCCCNC(=O)C(C)Oc1ccc(C(C)NC)c(F)c1. The van der Waals surface area contributed by atoms with E-state index < -0.39 is 6.10 Å². The Bertz CT molecular complexity index is 466. The molecule has 1 aromatic carbocycles. The van der Waals surface area contributed by atoms with Gasteiger partial charge >= 0.3 is 0 Å². The molecule has 0 aliphatic heterocycles. The monoisotopic (exact) mass is 296 g/mol. The summed E-state index contributed by atoms with van der Waals surface area (Å²) in [5.74, 6) is -0.165. The Morgan fingerprint density at radius 1 is 1.38 bits per heavy atom. The molecule has 1 amide bonds. The van der Waals surface area contributed by atoms with Crippen molar-refractivity contribution in [1.29, 1.82) is 0 Å². The summed E-state index contributed by atoms with van der Waals surface area (Å²) < 4.78 is 19.5. The molecule has 5 heteroatoms. The quantitative estimate of drug-likeness (QED) is 0.725. The van der Waals surface area contributed by atoms with Gasteiger partial charge in [0.25, 0.3) is 5.91 Å². The van der Waals surface area contributed by atoms with E-state index in [1.165, 1.54) is 6.07 Å². The molecule has 0 heterocycles. The van der Waals surface area contributed by atoms with Gasteiger partial charge in [0.1, 0.15) is 11.6 Å². The molecule has 0 aromatic heterocycles. The van der Waals surface area contributed by atoms with Gasteiger partial charge in [0.15, 0.2) is 6.10 Å². The molecule has 1 aromatic rings. The maximum atomic E-state index is 14.0. The summed E-state index contributed by atoms with van der Waals surface area (Å²) in [5.41, 5.74) is 0.574. The van der Waals surface area contributed by atoms with Crippen molar-refractivity contribution >= 4 is 5.91 Å². The molecular weight excluding hydrogens is 271 g/mol. The minimum Gasteiger partial charge on any atom is -0.481 e. The summed E-state index contributed by atoms with van der Waals surface area (Å²) in [6.45, 7) is 6.23. The van der Waals surface area contributed by atoms with Crippen LogP contribution in [0.3, 0.4) is 0 Å². The summed E-state index contributed by atoms with van der Waals surface area (Å²) in [6, 6.07) is 4.60. The van der Waals surface area contributed by atoms with Crippen molar-refractivity contribution in [2.45, 2.75) is 45.8 Å². The minimum atomic E-state index is -0.645. The first-order valence-electron chi connectivity index (χ1n) is 7.40. The third-order valence-electron chi connectivity index (χ3n) is 3.38. The molecule has 2 atom stereocenters. The first-order valence-corrected chi connectivity index (χ1v) is 7.40. The topological polar surface area (TPSA) is 50.4 Å². The zero-order valence-electron chi connectivity index (χ0n) is 13.2. The predicted octanol–water partition coefficient (Wildman–Crippen LogP) is 2.79. The van der Waals surface area contributed by atoms with Gasteiger partial charge in [-0.1, -0.05) is 19.4 Å². The van der Waals surface area contributed by atoms with E-state index in [2.05, 4.69) is 17.6 Å². The highest BCUT2D eigenvalue weighted by atomic mass is 19.1. The lowest BCUT2D eigenvalue weighted by Gasteiger charge is -2.16. The number of benzene rings is 1. The van der Waals surface area contributed by atoms with Crippen LogP contribution in [0.25, 0.3) is 0 Å². The molecule has 21 heavy (non-hydrogen) atoms. The number of carbonyl (C=O) groups excluding carboxylic acids is 1. The third kappa shape index (κ3) is 5.34. The number of carbonyl (C=O) groups is 1. The average molecular weight is 296 g/mol. The van der Waals surface area contributed by atoms with Crippen LogP contribution in [-0.4, -0.2) is 25.6 Å². The van der Waals surface area contributed by atoms with Crippen LogP contribution in [0.5, 0.6) is 5.75 Å². The maximum absolute atomic E-state index is 14.0. The lowest BCUT2D eigenvalue weighted by atomic mass is 10.1. The normalized spacial score (nSPS) is 13.6. The van der Waals surface area contributed by atoms with Crippen LogP contribution in [0.1, 0.15) is 45.2 Å². The van der Waals surface area contributed by atoms with Gasteiger partial charge in [-0.3, -0.25) is 4.79 Å². The van der Waals surface area contributed by atoms with Crippen LogP contribution in [0.2, 0.25) is 0 Å². The smallest absolute Gasteiger partial charge is 0.260 e. The van der Waals surface area contributed by atoms with E-state index >= 15 is 0 Å². The molecule has 0 aliphatic rings. The second-order valence-corrected chi connectivity index (χ2v) is 5.10. The molecular formula is C16H25FN2O2. The molecule has 0 saturated heterocycles. The number of halogens is 1. The zero-order valence-corrected chi connectivity index (χ0v) is 13.2. The second-order valence-electron chi connectivity index (χ2n) is 5.10. The van der Waals surface area contributed by atoms with Crippen molar-refractivity contribution in [3.63, 3.8) is 0 Å². The summed E-state index contributed by atoms with van der Waals surface area (Å²) in [4.78, 5) is 11.8. The number of hydrogen-bond acceptors (Lipinski definition) is 3. The van der Waals surface area contributed by atoms with Crippen LogP contribution in [0, 0.1) is 5.82 Å². The highest BCUT2D eigenvalue weighted by molar-refractivity contribution is 5.80. The molecule has 0 fully saturated rings. The molecule has 1 rings (SSSR count). The van der Waals surface area contributed by atoms with Gasteiger partial charge in [0, 0.05) is 24.2 Å². The Morgan fingerprint density at radius 3 is 2.67 bits per heavy atom. The molecule has 4 nitrogen and oxygen atoms in total. The molecule has 2 unspecified atom stereocenters. The largest absolute Gasteiger partial charge is 0.481 e. The van der Waals surface area contributed by atoms with Crippen molar-refractivity contribution in [2.75, 3.05) is 13.6 Å². The van der Waals surface area contributed by atoms with Crippen LogP contribution in [0.15, 0.2) is 18.2 Å². The number of unbranched alkanes of at least 4 members (excludes halogenated alkanes) is 1. The number of nitrogens with one attached hydrogen (secondary N) is 2. The molecule has 0 spiro atoms. The minimum absolute atomic E-state index is 0.0752. The average Bonchev–Trinajstić information content (AvgIpc) is 2.46. The third-order valence-corrected chi connectivity index (χ3v) is 3.38. The Kier molecular flexibility index (Phi) is 7.15. The lowest BCUT2D eigenvalue weighted by molar-refractivity contribution is -0.127. The van der Waals surface area contributed by atoms with Crippen LogP contribution in [-0.2, 0) is 4.79 Å². The van der Waals surface area contributed by atoms with E-state index in [1.807, 2.05) is 6.92 Å². The Balaban J connectivity index is 2.62. The number of amides is 1. The van der Waals surface area contributed by atoms with Crippen LogP contribution >= 0.6 is 0 Å². The van der Waals surface area contributed by atoms with Crippen molar-refractivity contribution in [1.82, 2.24) is 10.6 Å². The van der Waals surface area contributed by atoms with Gasteiger partial charge in [0.05, 0.1) is 0 Å². The molecule has 0 saturated carbocycles. The second kappa shape index (κ2) is 8.62. The van der Waals surface area contributed by atoms with Crippen LogP contribution in [0.4, 0.5) is 4.39 Å². The number of rotatable bonds is 8. The van der Waals surface area contributed by atoms with Crippen molar-refractivity contribution in [3.8, 4) is 5.75 Å². The fraction of sp³-hybridized carbons (Fsp3) is 0.562. The van der Waals surface area contributed by atoms with Crippen molar-refractivity contribution < 1.29 is 13.9 Å². The Morgan fingerprint density at radius 2 is 2.10 bits per heavy atom. The summed E-state index contributed by atoms with van der Waals surface area (Å²) in [7, 11) is 1.78. The summed E-state index contributed by atoms with van der Waals surface area (Å²) in [5, 5.41) is 5.77. The fourth-order valence-electron chi connectivity index (χ4n) is 1.88. The summed E-state index contributed by atoms with van der Waals surface area (Å²) >= 11 is 0. The standard InChI is InChI=1S/C16H25FN2O2/c1-5-6-9-19-16(20)12(3)21-13-7-8-14(11(2)18-4)15(17)10-13/h7-8,10-12,18H,5-6,9H2,1-4H3,(H,19,20). The van der Waals surface area contributed by atoms with E-state index in [4.69, 9.17) is 4.74 Å². The summed E-state index contributed by atoms with van der Waals surface area (Å²) in [6.07, 6.45) is 1.31. The first kappa shape index (κ1) is 17.4. The molecule has 0 radical (unpaired) electrons. The molecule has 2 N–H and O–H groups in total. The van der Waals surface area contributed by atoms with Gasteiger partial charge < -0.3 is 15.4 Å². The zero-order chi connectivity index (χ0) is 15.8. The van der Waals surface area contributed by atoms with Gasteiger partial charge in [-0.2, -0.15) is 0 Å². The highest BCUT2D eigenvalue weighted by Gasteiger charge is 2.16. The van der Waals surface area contributed by atoms with E-state index in [1.54, 1.807) is 26.1 Å². The predicted molar refractivity (Wildman–Crippen MR) is 81.9 cm³/mol. The Hall–Kier alpha value is -1.62. The van der Waals surface area contributed by atoms with E-state index in [9.17, 15) is 9.18 Å². The van der Waals surface area contributed by atoms with E-state index in [0.29, 0.717) is 17.9 Å². The van der Waals surface area contributed by atoms with Crippen molar-refractivity contribution in [3.05, 3.63) is 29.6 Å². The first-order chi connectivity index (χ1) is 9.99.